The van der Waals surface area contributed by atoms with Gasteiger partial charge in [0.05, 0.1) is 0 Å². The van der Waals surface area contributed by atoms with Crippen LogP contribution in [0.1, 0.15) is 0 Å². The first-order valence-corrected chi connectivity index (χ1v) is 6.45. The minimum Gasteiger partial charge on any atom is -0.894 e. The van der Waals surface area contributed by atoms with Gasteiger partial charge in [0.15, 0.2) is 0 Å². The Kier molecular flexibility index (Phi) is 59.2. The van der Waals surface area contributed by atoms with E-state index in [9.17, 15) is 0 Å². The molecule has 0 atom stereocenters. The Morgan fingerprint density at radius 2 is 0.550 bits per heavy atom. The third-order valence-corrected chi connectivity index (χ3v) is 0. The number of hydrogen-bond donors (Lipinski definition) is 0. The smallest absolute Gasteiger partial charge is 0.894 e. The summed E-state index contributed by atoms with van der Waals surface area (Å²) >= 11 is 0. The Hall–Kier alpha value is 4.80. The molecule has 0 aromatic heterocycles. The van der Waals surface area contributed by atoms with Crippen LogP contribution in [0.15, 0.2) is 0 Å². The summed E-state index contributed by atoms with van der Waals surface area (Å²) in [4.78, 5) is 34.3. The van der Waals surface area contributed by atoms with Gasteiger partial charge in [0.2, 0.25) is 0 Å². The molecule has 0 unspecified atom stereocenters. The van der Waals surface area contributed by atoms with E-state index in [1.54, 1.807) is 0 Å². The molecule has 0 amide bonds. The van der Waals surface area contributed by atoms with E-state index < -0.39 is 29.8 Å². The van der Waals surface area contributed by atoms with Crippen molar-refractivity contribution in [3.63, 3.8) is 0 Å². The van der Waals surface area contributed by atoms with Gasteiger partial charge in [-0.15, -0.1) is 0 Å². The number of hydrogen-bond acceptors (Lipinski definition) is 12. The molecule has 20 heteroatoms. The van der Waals surface area contributed by atoms with Gasteiger partial charge < -0.3 is 51.9 Å². The van der Waals surface area contributed by atoms with Crippen LogP contribution in [0, 0.1) is 0 Å². The third-order valence-electron chi connectivity index (χ3n) is 0. The van der Waals surface area contributed by atoms with Crippen LogP contribution >= 0.6 is 0 Å². The zero-order valence-corrected chi connectivity index (χ0v) is 21.0. The van der Waals surface area contributed by atoms with Crippen LogP contribution in [0.2, 0.25) is 0 Å². The Morgan fingerprint density at radius 3 is 0.550 bits per heavy atom. The molecule has 0 aliphatic carbocycles. The molecule has 0 aromatic carbocycles. The van der Waals surface area contributed by atoms with Gasteiger partial charge in [-0.2, -0.15) is 0 Å². The predicted molar refractivity (Wildman–Crippen MR) is 53.3 cm³/mol. The van der Waals surface area contributed by atoms with Crippen molar-refractivity contribution in [3.05, 3.63) is 0 Å². The zero-order chi connectivity index (χ0) is 13.5. The largest absolute Gasteiger partial charge is 2.00 e. The maximum absolute atomic E-state index is 8.58. The van der Waals surface area contributed by atoms with E-state index in [0.717, 1.165) is 0 Å². The fourth-order valence-electron chi connectivity index (χ4n) is 0. The normalized spacial score (nSPS) is 8.80. The molecule has 0 radical (unpaired) electrons. The molecular formula is H2Ca4O13S2Si. The molecule has 0 bridgehead atoms. The predicted octanol–water partition coefficient (Wildman–Crippen LogP) is -10.2. The first-order valence-electron chi connectivity index (χ1n) is 2.15. The van der Waals surface area contributed by atoms with Crippen molar-refractivity contribution < 1.29 is 59.7 Å². The first kappa shape index (κ1) is 49.8. The molecule has 0 rings (SSSR count). The van der Waals surface area contributed by atoms with Crippen LogP contribution in [-0.4, -0.2) is 201 Å². The molecule has 0 saturated heterocycles. The molecule has 0 aliphatic rings. The Balaban J connectivity index is -0.0000000160. The summed E-state index contributed by atoms with van der Waals surface area (Å²) in [7, 11) is -15.9. The van der Waals surface area contributed by atoms with Crippen molar-refractivity contribution in [1.82, 2.24) is 0 Å². The van der Waals surface area contributed by atoms with Gasteiger partial charge in [0, 0.05) is 20.8 Å². The molecule has 0 aromatic rings. The quantitative estimate of drug-likeness (QED) is 0.184. The van der Waals surface area contributed by atoms with Crippen molar-refractivity contribution in [3.8, 4) is 0 Å². The second kappa shape index (κ2) is 23.8. The van der Waals surface area contributed by atoms with Crippen molar-refractivity contribution in [2.24, 2.45) is 0 Å². The van der Waals surface area contributed by atoms with E-state index in [1.807, 2.05) is 0 Å². The molecule has 0 heterocycles. The third kappa shape index (κ3) is 471. The van der Waals surface area contributed by atoms with E-state index in [2.05, 4.69) is 0 Å². The number of rotatable bonds is 0. The Morgan fingerprint density at radius 1 is 0.550 bits per heavy atom. The summed E-state index contributed by atoms with van der Waals surface area (Å²) in [6, 6.07) is 0. The fraction of sp³-hybridized carbons (Fsp3) is 0. The monoisotopic (exact) mass is 462 g/mol. The van der Waals surface area contributed by atoms with Crippen molar-refractivity contribution in [1.29, 1.82) is 0 Å². The summed E-state index contributed by atoms with van der Waals surface area (Å²) < 4.78 is 68.2. The standard InChI is InChI=1S/4Ca.2H2O4S.O4Si.H2O/c;;;;3*1-5(2,3)4;/h;;;;2*(H2,1,2,3,4);;1H2/q4*+2;;;-4;/p-4. The van der Waals surface area contributed by atoms with Crippen molar-refractivity contribution in [2.45, 2.75) is 0 Å². The zero-order valence-electron chi connectivity index (χ0n) is 9.54. The van der Waals surface area contributed by atoms with Gasteiger partial charge in [-0.05, 0) is 0 Å². The first-order chi connectivity index (χ1) is 6.00. The summed E-state index contributed by atoms with van der Waals surface area (Å²) in [6.07, 6.45) is 0. The van der Waals surface area contributed by atoms with Gasteiger partial charge in [0.25, 0.3) is 0 Å². The molecule has 104 valence electrons. The molecule has 2 N–H and O–H groups in total. The second-order valence-corrected chi connectivity index (χ2v) is 3.95. The summed E-state index contributed by atoms with van der Waals surface area (Å²) in [5.41, 5.74) is 0. The summed E-state index contributed by atoms with van der Waals surface area (Å²) in [6.45, 7) is 0. The molecule has 0 aliphatic heterocycles. The summed E-state index contributed by atoms with van der Waals surface area (Å²) in [5, 5.41) is 0. The molecule has 20 heavy (non-hydrogen) atoms. The van der Waals surface area contributed by atoms with Gasteiger partial charge in [0.1, 0.15) is 0 Å². The van der Waals surface area contributed by atoms with E-state index in [4.69, 9.17) is 54.2 Å². The maximum Gasteiger partial charge on any atom is 2.00 e. The van der Waals surface area contributed by atoms with Crippen LogP contribution in [-0.2, 0) is 20.8 Å². The average Bonchev–Trinajstić information content (AvgIpc) is 1.41. The maximum atomic E-state index is 8.58. The van der Waals surface area contributed by atoms with Crippen LogP contribution in [0.3, 0.4) is 0 Å². The molecule has 0 saturated carbocycles. The topological polar surface area (TPSA) is 284 Å². The summed E-state index contributed by atoms with van der Waals surface area (Å²) in [5.74, 6) is 0. The van der Waals surface area contributed by atoms with Gasteiger partial charge in [-0.1, -0.05) is 0 Å². The van der Waals surface area contributed by atoms with E-state index in [-0.39, 0.29) is 156 Å². The van der Waals surface area contributed by atoms with Gasteiger partial charge in [-0.25, -0.2) is 0 Å². The van der Waals surface area contributed by atoms with E-state index in [1.165, 1.54) is 0 Å². The minimum absolute atomic E-state index is 0. The SMILES string of the molecule is O.O=S(=O)([O-])[O-].O=S(=O)([O-])[O-].[Ca+2].[Ca+2].[Ca+2].[Ca+2].[O-][Si]([O-])([O-])[O-]. The molecular weight excluding hydrogens is 461 g/mol. The Bertz CT molecular complexity index is 287. The molecule has 0 fully saturated rings. The molecule has 13 nitrogen and oxygen atoms in total. The average molecular weight is 463 g/mol. The van der Waals surface area contributed by atoms with E-state index >= 15 is 0 Å². The minimum atomic E-state index is -5.61. The van der Waals surface area contributed by atoms with Crippen LogP contribution < -0.4 is 19.2 Å². The van der Waals surface area contributed by atoms with E-state index in [0.29, 0.717) is 0 Å². The van der Waals surface area contributed by atoms with Gasteiger partial charge in [-0.3, -0.25) is 16.8 Å². The van der Waals surface area contributed by atoms with Crippen molar-refractivity contribution in [2.75, 3.05) is 0 Å². The second-order valence-electron chi connectivity index (χ2n) is 1.32. The van der Waals surface area contributed by atoms with Crippen LogP contribution in [0.25, 0.3) is 0 Å². The van der Waals surface area contributed by atoms with Crippen LogP contribution in [0.4, 0.5) is 0 Å². The Labute approximate surface area is 235 Å². The van der Waals surface area contributed by atoms with Crippen molar-refractivity contribution >= 4 is 181 Å². The fourth-order valence-corrected chi connectivity index (χ4v) is 0. The van der Waals surface area contributed by atoms with Gasteiger partial charge >= 0.3 is 151 Å². The van der Waals surface area contributed by atoms with Crippen LogP contribution in [0.5, 0.6) is 0 Å². The molecule has 0 spiro atoms.